The van der Waals surface area contributed by atoms with Crippen LogP contribution in [0.5, 0.6) is 0 Å². The molecule has 0 aliphatic carbocycles. The Morgan fingerprint density at radius 2 is 2.04 bits per heavy atom. The van der Waals surface area contributed by atoms with Crippen LogP contribution in [0.15, 0.2) is 24.3 Å². The van der Waals surface area contributed by atoms with E-state index >= 15 is 0 Å². The molecule has 1 fully saturated rings. The van der Waals surface area contributed by atoms with E-state index in [2.05, 4.69) is 5.32 Å². The monoisotopic (exact) mass is 333 g/mol. The number of nitrogens with one attached hydrogen (secondary N) is 1. The van der Waals surface area contributed by atoms with E-state index in [1.165, 1.54) is 9.80 Å². The van der Waals surface area contributed by atoms with Crippen molar-refractivity contribution in [1.29, 1.82) is 0 Å². The second-order valence-corrected chi connectivity index (χ2v) is 6.29. The number of amides is 3. The van der Waals surface area contributed by atoms with Crippen LogP contribution in [-0.2, 0) is 4.79 Å². The fourth-order valence-corrected chi connectivity index (χ4v) is 2.69. The van der Waals surface area contributed by atoms with E-state index in [0.717, 1.165) is 0 Å². The number of carbonyl (C=O) groups excluding carboxylic acids is 2. The first-order valence-corrected chi connectivity index (χ1v) is 7.96. The Morgan fingerprint density at radius 3 is 2.62 bits per heavy atom. The van der Waals surface area contributed by atoms with Crippen LogP contribution in [0, 0.1) is 5.92 Å². The van der Waals surface area contributed by atoms with E-state index in [-0.39, 0.29) is 23.8 Å². The summed E-state index contributed by atoms with van der Waals surface area (Å²) in [6.07, 6.45) is -0.369. The molecule has 1 aromatic rings. The standard InChI is InChI=1S/C17H23N3O4/c1-11(2)16(22)19(3)14-6-4-5-12(9-14)15(21)18-13-7-8-20(10-13)17(23)24/h4-6,9,11,13H,7-8,10H2,1-3H3,(H,18,21)(H,23,24). The van der Waals surface area contributed by atoms with Gasteiger partial charge in [0.05, 0.1) is 0 Å². The van der Waals surface area contributed by atoms with E-state index in [1.54, 1.807) is 31.3 Å². The first-order chi connectivity index (χ1) is 11.3. The van der Waals surface area contributed by atoms with Gasteiger partial charge in [-0.1, -0.05) is 19.9 Å². The number of hydrogen-bond acceptors (Lipinski definition) is 3. The van der Waals surface area contributed by atoms with Crippen LogP contribution >= 0.6 is 0 Å². The fourth-order valence-electron chi connectivity index (χ4n) is 2.69. The quantitative estimate of drug-likeness (QED) is 0.879. The van der Waals surface area contributed by atoms with Gasteiger partial charge in [0.1, 0.15) is 0 Å². The van der Waals surface area contributed by atoms with Gasteiger partial charge < -0.3 is 20.2 Å². The maximum absolute atomic E-state index is 12.4. The lowest BCUT2D eigenvalue weighted by Crippen LogP contribution is -2.38. The molecule has 1 aliphatic heterocycles. The fraction of sp³-hybridized carbons (Fsp3) is 0.471. The van der Waals surface area contributed by atoms with Gasteiger partial charge in [-0.25, -0.2) is 4.79 Å². The maximum Gasteiger partial charge on any atom is 0.407 e. The minimum absolute atomic E-state index is 0.0274. The summed E-state index contributed by atoms with van der Waals surface area (Å²) in [6.45, 7) is 4.37. The summed E-state index contributed by atoms with van der Waals surface area (Å²) >= 11 is 0. The zero-order chi connectivity index (χ0) is 17.9. The number of anilines is 1. The van der Waals surface area contributed by atoms with Gasteiger partial charge in [-0.15, -0.1) is 0 Å². The molecule has 1 atom stereocenters. The molecule has 1 saturated heterocycles. The Hall–Kier alpha value is -2.57. The molecule has 7 heteroatoms. The minimum Gasteiger partial charge on any atom is -0.465 e. The second-order valence-electron chi connectivity index (χ2n) is 6.29. The maximum atomic E-state index is 12.4. The summed E-state index contributed by atoms with van der Waals surface area (Å²) in [5.41, 5.74) is 1.10. The first kappa shape index (κ1) is 17.8. The van der Waals surface area contributed by atoms with Gasteiger partial charge in [0.15, 0.2) is 0 Å². The van der Waals surface area contributed by atoms with Crippen molar-refractivity contribution in [3.8, 4) is 0 Å². The predicted molar refractivity (Wildman–Crippen MR) is 90.2 cm³/mol. The highest BCUT2D eigenvalue weighted by Crippen LogP contribution is 2.18. The normalized spacial score (nSPS) is 17.0. The van der Waals surface area contributed by atoms with Crippen molar-refractivity contribution in [3.05, 3.63) is 29.8 Å². The highest BCUT2D eigenvalue weighted by Gasteiger charge is 2.27. The third kappa shape index (κ3) is 4.04. The summed E-state index contributed by atoms with van der Waals surface area (Å²) in [7, 11) is 1.68. The molecule has 2 rings (SSSR count). The molecule has 0 bridgehead atoms. The van der Waals surface area contributed by atoms with Crippen molar-refractivity contribution >= 4 is 23.6 Å². The zero-order valence-corrected chi connectivity index (χ0v) is 14.2. The van der Waals surface area contributed by atoms with Crippen LogP contribution in [0.2, 0.25) is 0 Å². The molecule has 0 radical (unpaired) electrons. The minimum atomic E-state index is -0.970. The highest BCUT2D eigenvalue weighted by atomic mass is 16.4. The zero-order valence-electron chi connectivity index (χ0n) is 14.2. The summed E-state index contributed by atoms with van der Waals surface area (Å²) in [5, 5.41) is 11.8. The molecule has 1 aliphatic rings. The van der Waals surface area contributed by atoms with Gasteiger partial charge in [-0.05, 0) is 24.6 Å². The molecule has 0 aromatic heterocycles. The van der Waals surface area contributed by atoms with Gasteiger partial charge >= 0.3 is 6.09 Å². The van der Waals surface area contributed by atoms with E-state index in [0.29, 0.717) is 30.8 Å². The number of carboxylic acid groups (broad SMARTS) is 1. The van der Waals surface area contributed by atoms with Gasteiger partial charge in [-0.2, -0.15) is 0 Å². The van der Waals surface area contributed by atoms with Gasteiger partial charge in [-0.3, -0.25) is 9.59 Å². The van der Waals surface area contributed by atoms with Gasteiger partial charge in [0.25, 0.3) is 5.91 Å². The largest absolute Gasteiger partial charge is 0.465 e. The van der Waals surface area contributed by atoms with Crippen molar-refractivity contribution in [2.45, 2.75) is 26.3 Å². The van der Waals surface area contributed by atoms with Crippen LogP contribution < -0.4 is 10.2 Å². The lowest BCUT2D eigenvalue weighted by molar-refractivity contribution is -0.121. The average molecular weight is 333 g/mol. The SMILES string of the molecule is CC(C)C(=O)N(C)c1cccc(C(=O)NC2CCN(C(=O)O)C2)c1. The third-order valence-corrected chi connectivity index (χ3v) is 4.11. The van der Waals surface area contributed by atoms with Crippen LogP contribution in [0.1, 0.15) is 30.6 Å². The van der Waals surface area contributed by atoms with E-state index < -0.39 is 6.09 Å². The predicted octanol–water partition coefficient (Wildman–Crippen LogP) is 1.79. The molecule has 24 heavy (non-hydrogen) atoms. The Kier molecular flexibility index (Phi) is 5.43. The van der Waals surface area contributed by atoms with Crippen molar-refractivity contribution < 1.29 is 19.5 Å². The molecule has 130 valence electrons. The van der Waals surface area contributed by atoms with E-state index in [9.17, 15) is 14.4 Å². The summed E-state index contributed by atoms with van der Waals surface area (Å²) in [6, 6.07) is 6.66. The summed E-state index contributed by atoms with van der Waals surface area (Å²) < 4.78 is 0. The third-order valence-electron chi connectivity index (χ3n) is 4.11. The van der Waals surface area contributed by atoms with Gasteiger partial charge in [0, 0.05) is 43.3 Å². The van der Waals surface area contributed by atoms with Crippen LogP contribution in [0.25, 0.3) is 0 Å². The number of nitrogens with zero attached hydrogens (tertiary/aromatic N) is 2. The summed E-state index contributed by atoms with van der Waals surface area (Å²) in [5.74, 6) is -0.423. The van der Waals surface area contributed by atoms with Crippen LogP contribution in [-0.4, -0.2) is 54.1 Å². The smallest absolute Gasteiger partial charge is 0.407 e. The highest BCUT2D eigenvalue weighted by molar-refractivity contribution is 5.98. The molecular formula is C17H23N3O4. The molecule has 1 heterocycles. The number of hydrogen-bond donors (Lipinski definition) is 2. The average Bonchev–Trinajstić information content (AvgIpc) is 3.02. The van der Waals surface area contributed by atoms with E-state index in [1.807, 2.05) is 13.8 Å². The molecule has 3 amide bonds. The van der Waals surface area contributed by atoms with Crippen molar-refractivity contribution in [2.24, 2.45) is 5.92 Å². The Morgan fingerprint density at radius 1 is 1.33 bits per heavy atom. The van der Waals surface area contributed by atoms with Crippen molar-refractivity contribution in [3.63, 3.8) is 0 Å². The molecule has 1 aromatic carbocycles. The first-order valence-electron chi connectivity index (χ1n) is 7.96. The number of benzene rings is 1. The Labute approximate surface area is 141 Å². The Balaban J connectivity index is 2.04. The summed E-state index contributed by atoms with van der Waals surface area (Å²) in [4.78, 5) is 38.2. The topological polar surface area (TPSA) is 90.0 Å². The number of carbonyl (C=O) groups is 3. The lowest BCUT2D eigenvalue weighted by Gasteiger charge is -2.20. The number of rotatable bonds is 4. The second kappa shape index (κ2) is 7.33. The van der Waals surface area contributed by atoms with E-state index in [4.69, 9.17) is 5.11 Å². The van der Waals surface area contributed by atoms with Crippen LogP contribution in [0.4, 0.5) is 10.5 Å². The number of likely N-dealkylation sites (tertiary alicyclic amines) is 1. The van der Waals surface area contributed by atoms with Crippen LogP contribution in [0.3, 0.4) is 0 Å². The molecule has 1 unspecified atom stereocenters. The van der Waals surface area contributed by atoms with Gasteiger partial charge in [0.2, 0.25) is 5.91 Å². The Bertz CT molecular complexity index is 644. The molecule has 2 N–H and O–H groups in total. The molecule has 0 saturated carbocycles. The lowest BCUT2D eigenvalue weighted by atomic mass is 10.1. The van der Waals surface area contributed by atoms with Crippen molar-refractivity contribution in [2.75, 3.05) is 25.0 Å². The van der Waals surface area contributed by atoms with Crippen molar-refractivity contribution in [1.82, 2.24) is 10.2 Å². The molecular weight excluding hydrogens is 310 g/mol. The molecule has 0 spiro atoms. The molecule has 7 nitrogen and oxygen atoms in total.